The molecule has 3 nitrogen and oxygen atoms in total. The van der Waals surface area contributed by atoms with Crippen molar-refractivity contribution >= 4 is 0 Å². The third-order valence-corrected chi connectivity index (χ3v) is 2.13. The molecule has 84 valence electrons. The van der Waals surface area contributed by atoms with Crippen molar-refractivity contribution in [2.24, 2.45) is 0 Å². The van der Waals surface area contributed by atoms with Gasteiger partial charge >= 0.3 is 0 Å². The first-order valence-corrected chi connectivity index (χ1v) is 5.28. The van der Waals surface area contributed by atoms with Crippen molar-refractivity contribution in [1.29, 1.82) is 0 Å². The highest BCUT2D eigenvalue weighted by atomic mass is 16.5. The van der Waals surface area contributed by atoms with Gasteiger partial charge in [0.2, 0.25) is 0 Å². The molecule has 0 unspecified atom stereocenters. The van der Waals surface area contributed by atoms with E-state index < -0.39 is 0 Å². The normalized spacial score (nSPS) is 10.4. The van der Waals surface area contributed by atoms with Gasteiger partial charge in [-0.1, -0.05) is 6.07 Å². The first-order chi connectivity index (χ1) is 7.22. The number of ether oxygens (including phenoxy) is 2. The standard InChI is InChI=1S/C12H19NO2/c1-13(2)8-5-9-15-12-7-4-6-11(10-12)14-3/h4,6-7,10H,5,8-9H2,1-3H3/p+1. The van der Waals surface area contributed by atoms with E-state index in [2.05, 4.69) is 14.1 Å². The molecule has 0 amide bonds. The minimum Gasteiger partial charge on any atom is -0.497 e. The van der Waals surface area contributed by atoms with Crippen LogP contribution in [0, 0.1) is 0 Å². The Morgan fingerprint density at radius 2 is 1.93 bits per heavy atom. The molecule has 0 radical (unpaired) electrons. The van der Waals surface area contributed by atoms with Crippen LogP contribution in [0.5, 0.6) is 11.5 Å². The Bertz CT molecular complexity index is 287. The monoisotopic (exact) mass is 210 g/mol. The van der Waals surface area contributed by atoms with Gasteiger partial charge in [0.25, 0.3) is 0 Å². The van der Waals surface area contributed by atoms with Crippen molar-refractivity contribution in [2.75, 3.05) is 34.4 Å². The molecule has 15 heavy (non-hydrogen) atoms. The summed E-state index contributed by atoms with van der Waals surface area (Å²) < 4.78 is 10.7. The third kappa shape index (κ3) is 4.70. The zero-order valence-corrected chi connectivity index (χ0v) is 9.75. The van der Waals surface area contributed by atoms with E-state index in [0.717, 1.165) is 31.1 Å². The van der Waals surface area contributed by atoms with Crippen molar-refractivity contribution in [3.63, 3.8) is 0 Å². The Kier molecular flexibility index (Phi) is 4.98. The summed E-state index contributed by atoms with van der Waals surface area (Å²) in [5, 5.41) is 0. The molecule has 1 N–H and O–H groups in total. The zero-order chi connectivity index (χ0) is 11.1. The largest absolute Gasteiger partial charge is 0.497 e. The maximum atomic E-state index is 5.61. The van der Waals surface area contributed by atoms with Gasteiger partial charge in [-0.3, -0.25) is 0 Å². The topological polar surface area (TPSA) is 22.9 Å². The van der Waals surface area contributed by atoms with Crippen molar-refractivity contribution in [3.8, 4) is 11.5 Å². The maximum absolute atomic E-state index is 5.61. The number of nitrogens with one attached hydrogen (secondary N) is 1. The SMILES string of the molecule is COc1cccc(OCCC[NH+](C)C)c1. The van der Waals surface area contributed by atoms with Gasteiger partial charge in [0.1, 0.15) is 11.5 Å². The average molecular weight is 210 g/mol. The second-order valence-corrected chi connectivity index (χ2v) is 3.84. The summed E-state index contributed by atoms with van der Waals surface area (Å²) in [7, 11) is 5.95. The summed E-state index contributed by atoms with van der Waals surface area (Å²) >= 11 is 0. The van der Waals surface area contributed by atoms with Crippen molar-refractivity contribution in [3.05, 3.63) is 24.3 Å². The Labute approximate surface area is 91.6 Å². The molecule has 0 aliphatic heterocycles. The molecule has 0 fully saturated rings. The quantitative estimate of drug-likeness (QED) is 0.695. The van der Waals surface area contributed by atoms with Gasteiger partial charge in [0.15, 0.2) is 0 Å². The van der Waals surface area contributed by atoms with E-state index in [1.807, 2.05) is 24.3 Å². The van der Waals surface area contributed by atoms with Crippen LogP contribution in [-0.4, -0.2) is 34.4 Å². The lowest BCUT2D eigenvalue weighted by Crippen LogP contribution is -3.05. The van der Waals surface area contributed by atoms with Gasteiger partial charge in [0, 0.05) is 12.5 Å². The summed E-state index contributed by atoms with van der Waals surface area (Å²) in [5.74, 6) is 1.72. The van der Waals surface area contributed by atoms with Crippen molar-refractivity contribution in [2.45, 2.75) is 6.42 Å². The van der Waals surface area contributed by atoms with Crippen LogP contribution < -0.4 is 14.4 Å². The summed E-state index contributed by atoms with van der Waals surface area (Å²) in [5.41, 5.74) is 0. The fourth-order valence-electron chi connectivity index (χ4n) is 1.31. The second-order valence-electron chi connectivity index (χ2n) is 3.84. The molecule has 0 saturated heterocycles. The predicted molar refractivity (Wildman–Crippen MR) is 60.8 cm³/mol. The summed E-state index contributed by atoms with van der Waals surface area (Å²) in [4.78, 5) is 1.45. The number of hydrogen-bond donors (Lipinski definition) is 1. The molecule has 0 aromatic heterocycles. The van der Waals surface area contributed by atoms with E-state index in [0.29, 0.717) is 0 Å². The van der Waals surface area contributed by atoms with Gasteiger partial charge in [-0.05, 0) is 12.1 Å². The number of hydrogen-bond acceptors (Lipinski definition) is 2. The third-order valence-electron chi connectivity index (χ3n) is 2.13. The summed E-state index contributed by atoms with van der Waals surface area (Å²) in [6.07, 6.45) is 1.07. The molecule has 0 aliphatic carbocycles. The zero-order valence-electron chi connectivity index (χ0n) is 9.75. The van der Waals surface area contributed by atoms with Crippen LogP contribution in [0.15, 0.2) is 24.3 Å². The van der Waals surface area contributed by atoms with Gasteiger partial charge in [-0.2, -0.15) is 0 Å². The molecule has 0 bridgehead atoms. The molecular weight excluding hydrogens is 190 g/mol. The maximum Gasteiger partial charge on any atom is 0.122 e. The number of benzene rings is 1. The Morgan fingerprint density at radius 3 is 2.60 bits per heavy atom. The minimum absolute atomic E-state index is 0.762. The van der Waals surface area contributed by atoms with Gasteiger partial charge in [-0.15, -0.1) is 0 Å². The highest BCUT2D eigenvalue weighted by Crippen LogP contribution is 2.18. The molecule has 1 aromatic carbocycles. The van der Waals surface area contributed by atoms with Crippen LogP contribution >= 0.6 is 0 Å². The van der Waals surface area contributed by atoms with E-state index >= 15 is 0 Å². The molecule has 0 spiro atoms. The smallest absolute Gasteiger partial charge is 0.122 e. The van der Waals surface area contributed by atoms with E-state index in [4.69, 9.17) is 9.47 Å². The molecule has 3 heteroatoms. The van der Waals surface area contributed by atoms with Crippen LogP contribution in [0.25, 0.3) is 0 Å². The van der Waals surface area contributed by atoms with Crippen LogP contribution in [0.2, 0.25) is 0 Å². The number of quaternary nitrogens is 1. The predicted octanol–water partition coefficient (Wildman–Crippen LogP) is 0.609. The van der Waals surface area contributed by atoms with E-state index in [9.17, 15) is 0 Å². The van der Waals surface area contributed by atoms with Crippen molar-refractivity contribution in [1.82, 2.24) is 0 Å². The van der Waals surface area contributed by atoms with Gasteiger partial charge in [0.05, 0.1) is 34.4 Å². The molecule has 1 rings (SSSR count). The number of rotatable bonds is 6. The molecule has 0 heterocycles. The molecule has 0 saturated carbocycles. The Morgan fingerprint density at radius 1 is 1.20 bits per heavy atom. The summed E-state index contributed by atoms with van der Waals surface area (Å²) in [6, 6.07) is 7.70. The average Bonchev–Trinajstić information content (AvgIpc) is 2.24. The number of methoxy groups -OCH3 is 1. The van der Waals surface area contributed by atoms with Crippen molar-refractivity contribution < 1.29 is 14.4 Å². The van der Waals surface area contributed by atoms with E-state index in [-0.39, 0.29) is 0 Å². The fourth-order valence-corrected chi connectivity index (χ4v) is 1.31. The lowest BCUT2D eigenvalue weighted by molar-refractivity contribution is -0.858. The minimum atomic E-state index is 0.762. The molecule has 1 aromatic rings. The van der Waals surface area contributed by atoms with Crippen LogP contribution in [0.3, 0.4) is 0 Å². The van der Waals surface area contributed by atoms with Crippen LogP contribution in [0.4, 0.5) is 0 Å². The Balaban J connectivity index is 2.30. The lowest BCUT2D eigenvalue weighted by Gasteiger charge is -2.09. The highest BCUT2D eigenvalue weighted by molar-refractivity contribution is 5.32. The first-order valence-electron chi connectivity index (χ1n) is 5.28. The van der Waals surface area contributed by atoms with Crippen LogP contribution in [-0.2, 0) is 0 Å². The van der Waals surface area contributed by atoms with Crippen LogP contribution in [0.1, 0.15) is 6.42 Å². The lowest BCUT2D eigenvalue weighted by atomic mass is 10.3. The molecule has 0 atom stereocenters. The van der Waals surface area contributed by atoms with Gasteiger partial charge in [-0.25, -0.2) is 0 Å². The highest BCUT2D eigenvalue weighted by Gasteiger charge is 1.97. The van der Waals surface area contributed by atoms with E-state index in [1.165, 1.54) is 4.90 Å². The Hall–Kier alpha value is -1.22. The molecule has 0 aliphatic rings. The van der Waals surface area contributed by atoms with Gasteiger partial charge < -0.3 is 14.4 Å². The first kappa shape index (κ1) is 11.9. The molecular formula is C12H20NO2+. The fraction of sp³-hybridized carbons (Fsp3) is 0.500. The van der Waals surface area contributed by atoms with E-state index in [1.54, 1.807) is 7.11 Å². The second kappa shape index (κ2) is 6.30. The summed E-state index contributed by atoms with van der Waals surface area (Å²) in [6.45, 7) is 1.89.